The maximum Gasteiger partial charge on any atom is 0.322 e. The Morgan fingerprint density at radius 1 is 1.21 bits per heavy atom. The van der Waals surface area contributed by atoms with E-state index in [0.29, 0.717) is 16.2 Å². The zero-order valence-corrected chi connectivity index (χ0v) is 20.3. The monoisotopic (exact) mass is 516 g/mol. The predicted molar refractivity (Wildman–Crippen MR) is 125 cm³/mol. The number of hydrogen-bond donors (Lipinski definition) is 1. The molecule has 8 nitrogen and oxygen atoms in total. The maximum absolute atomic E-state index is 15.1. The van der Waals surface area contributed by atoms with Crippen LogP contribution in [-0.2, 0) is 19.7 Å². The van der Waals surface area contributed by atoms with E-state index in [0.717, 1.165) is 62.2 Å². The van der Waals surface area contributed by atoms with Gasteiger partial charge in [-0.3, -0.25) is 9.69 Å². The number of nitrogens with zero attached hydrogens (tertiary/aromatic N) is 3. The molecule has 1 aromatic carbocycles. The molecule has 0 radical (unpaired) electrons. The van der Waals surface area contributed by atoms with E-state index in [-0.39, 0.29) is 22.7 Å². The van der Waals surface area contributed by atoms with E-state index in [2.05, 4.69) is 20.0 Å². The van der Waals surface area contributed by atoms with Crippen molar-refractivity contribution in [3.05, 3.63) is 34.5 Å². The molecule has 1 aliphatic carbocycles. The fourth-order valence-electron chi connectivity index (χ4n) is 4.64. The molecule has 2 aliphatic rings. The Hall–Kier alpha value is -1.95. The van der Waals surface area contributed by atoms with E-state index in [4.69, 9.17) is 11.6 Å². The van der Waals surface area contributed by atoms with E-state index >= 15 is 4.39 Å². The fourth-order valence-corrected chi connectivity index (χ4v) is 6.99. The zero-order chi connectivity index (χ0) is 23.4. The van der Waals surface area contributed by atoms with Crippen molar-refractivity contribution in [3.63, 3.8) is 0 Å². The lowest BCUT2D eigenvalue weighted by Gasteiger charge is -2.42. The number of carbonyl (C=O) groups excluding carboxylic acids is 1. The second kappa shape index (κ2) is 10.5. The van der Waals surface area contributed by atoms with Gasteiger partial charge in [0.05, 0.1) is 10.7 Å². The van der Waals surface area contributed by atoms with Gasteiger partial charge in [-0.05, 0) is 50.9 Å². The summed E-state index contributed by atoms with van der Waals surface area (Å²) in [5.41, 5.74) is 0.346. The van der Waals surface area contributed by atoms with Crippen LogP contribution in [-0.4, -0.2) is 49.9 Å². The zero-order valence-electron chi connectivity index (χ0n) is 18.0. The molecule has 1 N–H and O–H groups in total. The Morgan fingerprint density at radius 2 is 1.97 bits per heavy atom. The van der Waals surface area contributed by atoms with Gasteiger partial charge in [-0.15, -0.1) is 11.3 Å². The van der Waals surface area contributed by atoms with Gasteiger partial charge < -0.3 is 10.2 Å². The first-order valence-corrected chi connectivity index (χ1v) is 13.7. The minimum Gasteiger partial charge on any atom is -0.379 e. The number of thiazole rings is 1. The lowest BCUT2D eigenvalue weighted by atomic mass is 9.88. The Balaban J connectivity index is 1.59. The summed E-state index contributed by atoms with van der Waals surface area (Å²) >= 11 is 7.34. The Kier molecular flexibility index (Phi) is 7.72. The second-order valence-corrected chi connectivity index (χ2v) is 11.2. The van der Waals surface area contributed by atoms with E-state index in [1.165, 1.54) is 30.8 Å². The Morgan fingerprint density at radius 3 is 2.67 bits per heavy atom. The van der Waals surface area contributed by atoms with Crippen molar-refractivity contribution in [1.82, 2.24) is 9.88 Å². The molecule has 1 aromatic heterocycles. The number of benzene rings is 1. The number of hydrogen-bond acceptors (Lipinski definition) is 8. The second-order valence-electron chi connectivity index (χ2n) is 8.21. The highest BCUT2D eigenvalue weighted by Gasteiger charge is 2.34. The summed E-state index contributed by atoms with van der Waals surface area (Å²) in [6.45, 7) is 2.06. The highest BCUT2D eigenvalue weighted by molar-refractivity contribution is 7.92. The van der Waals surface area contributed by atoms with E-state index in [1.807, 2.05) is 0 Å². The number of piperidine rings is 1. The van der Waals surface area contributed by atoms with Crippen molar-refractivity contribution >= 4 is 50.3 Å². The molecular weight excluding hydrogens is 491 g/mol. The highest BCUT2D eigenvalue weighted by Crippen LogP contribution is 2.35. The molecule has 12 heteroatoms. The summed E-state index contributed by atoms with van der Waals surface area (Å²) in [6, 6.07) is 2.57. The average molecular weight is 517 g/mol. The molecule has 180 valence electrons. The summed E-state index contributed by atoms with van der Waals surface area (Å²) in [5, 5.41) is 4.82. The Bertz CT molecular complexity index is 1060. The van der Waals surface area contributed by atoms with Crippen LogP contribution in [0.5, 0.6) is 0 Å². The summed E-state index contributed by atoms with van der Waals surface area (Å²) in [7, 11) is -4.58. The van der Waals surface area contributed by atoms with Crippen molar-refractivity contribution in [2.75, 3.05) is 22.9 Å². The van der Waals surface area contributed by atoms with Gasteiger partial charge >= 0.3 is 16.5 Å². The highest BCUT2D eigenvalue weighted by atomic mass is 35.5. The number of sulfonamides is 1. The molecule has 0 bridgehead atoms. The first kappa shape index (κ1) is 24.2. The van der Waals surface area contributed by atoms with Gasteiger partial charge in [-0.25, -0.2) is 9.37 Å². The molecule has 2 fully saturated rings. The van der Waals surface area contributed by atoms with Gasteiger partial charge in [0.25, 0.3) is 0 Å². The molecule has 1 saturated heterocycles. The van der Waals surface area contributed by atoms with E-state index in [9.17, 15) is 13.2 Å². The number of aromatic nitrogens is 1. The largest absolute Gasteiger partial charge is 0.379 e. The molecule has 0 spiro atoms. The summed E-state index contributed by atoms with van der Waals surface area (Å²) < 4.78 is 41.5. The van der Waals surface area contributed by atoms with Crippen LogP contribution < -0.4 is 9.79 Å². The maximum atomic E-state index is 15.1. The first-order valence-electron chi connectivity index (χ1n) is 11.0. The molecule has 1 saturated carbocycles. The van der Waals surface area contributed by atoms with Crippen LogP contribution in [0.15, 0.2) is 28.6 Å². The van der Waals surface area contributed by atoms with Crippen LogP contribution in [0.3, 0.4) is 0 Å². The normalized spacial score (nSPS) is 22.0. The number of likely N-dealkylation sites (tertiary alicyclic amines) is 1. The first-order chi connectivity index (χ1) is 15.9. The molecule has 0 unspecified atom stereocenters. The molecule has 1 aliphatic heterocycles. The minimum absolute atomic E-state index is 0.0573. The molecule has 2 atom stereocenters. The van der Waals surface area contributed by atoms with Gasteiger partial charge in [0.15, 0.2) is 0 Å². The summed E-state index contributed by atoms with van der Waals surface area (Å²) in [6.07, 6.45) is 9.19. The SMILES string of the molecule is O=CON(c1nccs1)S(=O)(=O)c1cc(Cl)c(N[C@H]2CCCC[C@@H]2N2CCCCC2)cc1F. The molecule has 33 heavy (non-hydrogen) atoms. The smallest absolute Gasteiger partial charge is 0.322 e. The van der Waals surface area contributed by atoms with Gasteiger partial charge in [0, 0.05) is 23.7 Å². The van der Waals surface area contributed by atoms with Crippen LogP contribution >= 0.6 is 22.9 Å². The van der Waals surface area contributed by atoms with Crippen LogP contribution in [0.1, 0.15) is 44.9 Å². The number of anilines is 2. The molecule has 2 aromatic rings. The third kappa shape index (κ3) is 5.26. The third-order valence-corrected chi connectivity index (χ3v) is 8.89. The van der Waals surface area contributed by atoms with E-state index in [1.54, 1.807) is 0 Å². The Labute approximate surface area is 201 Å². The fraction of sp³-hybridized carbons (Fsp3) is 0.524. The average Bonchev–Trinajstić information content (AvgIpc) is 3.34. The standard InChI is InChI=1S/C21H26ClFN4O4S2/c22-15-12-20(33(29,30)27(31-14-28)21-24-8-11-32-21)16(23)13-18(15)25-17-6-2-3-7-19(17)26-9-4-1-5-10-26/h8,11-14,17,19,25H,1-7,9-10H2/t17-,19-/m0/s1. The van der Waals surface area contributed by atoms with Gasteiger partial charge in [0.1, 0.15) is 10.7 Å². The lowest BCUT2D eigenvalue weighted by molar-refractivity contribution is -0.128. The quantitative estimate of drug-likeness (QED) is 0.410. The summed E-state index contributed by atoms with van der Waals surface area (Å²) in [4.78, 5) is 21.1. The topological polar surface area (TPSA) is 91.8 Å². The van der Waals surface area contributed by atoms with Crippen LogP contribution in [0, 0.1) is 5.82 Å². The van der Waals surface area contributed by atoms with Crippen molar-refractivity contribution in [1.29, 1.82) is 0 Å². The van der Waals surface area contributed by atoms with Crippen LogP contribution in [0.2, 0.25) is 5.02 Å². The van der Waals surface area contributed by atoms with Gasteiger partial charge in [-0.1, -0.05) is 35.3 Å². The number of nitrogens with one attached hydrogen (secondary N) is 1. The summed E-state index contributed by atoms with van der Waals surface area (Å²) in [5.74, 6) is -0.997. The number of halogens is 2. The van der Waals surface area contributed by atoms with Crippen LogP contribution in [0.25, 0.3) is 0 Å². The lowest BCUT2D eigenvalue weighted by Crippen LogP contribution is -2.50. The minimum atomic E-state index is -4.58. The number of carbonyl (C=O) groups is 1. The van der Waals surface area contributed by atoms with Crippen molar-refractivity contribution in [3.8, 4) is 0 Å². The van der Waals surface area contributed by atoms with Gasteiger partial charge in [0.2, 0.25) is 5.13 Å². The van der Waals surface area contributed by atoms with Crippen molar-refractivity contribution in [2.24, 2.45) is 0 Å². The molecular formula is C21H26ClFN4O4S2. The van der Waals surface area contributed by atoms with E-state index < -0.39 is 20.7 Å². The van der Waals surface area contributed by atoms with Gasteiger partial charge in [-0.2, -0.15) is 8.42 Å². The molecule has 0 amide bonds. The van der Waals surface area contributed by atoms with Crippen molar-refractivity contribution < 1.29 is 22.4 Å². The van der Waals surface area contributed by atoms with Crippen LogP contribution in [0.4, 0.5) is 15.2 Å². The third-order valence-electron chi connectivity index (χ3n) is 6.16. The predicted octanol–water partition coefficient (Wildman–Crippen LogP) is 4.43. The number of rotatable bonds is 8. The molecule has 2 heterocycles. The molecule has 4 rings (SSSR count). The van der Waals surface area contributed by atoms with Crippen molar-refractivity contribution in [2.45, 2.75) is 61.9 Å².